The molecule has 1 unspecified atom stereocenters. The molecule has 0 aliphatic rings. The Labute approximate surface area is 190 Å². The molecule has 0 aliphatic heterocycles. The van der Waals surface area contributed by atoms with E-state index in [0.717, 1.165) is 5.56 Å². The first-order valence-corrected chi connectivity index (χ1v) is 10.3. The van der Waals surface area contributed by atoms with Crippen LogP contribution in [-0.4, -0.2) is 38.8 Å². The molecule has 0 aliphatic carbocycles. The number of methoxy groups -OCH3 is 1. The van der Waals surface area contributed by atoms with Crippen LogP contribution < -0.4 is 10.1 Å². The third-order valence-electron chi connectivity index (χ3n) is 5.35. The van der Waals surface area contributed by atoms with Gasteiger partial charge in [0.1, 0.15) is 0 Å². The molecule has 0 radical (unpaired) electrons. The van der Waals surface area contributed by atoms with Crippen molar-refractivity contribution < 1.29 is 24.5 Å². The van der Waals surface area contributed by atoms with E-state index in [1.54, 1.807) is 36.7 Å². The number of imidazole rings is 1. The maximum absolute atomic E-state index is 12.6. The van der Waals surface area contributed by atoms with Crippen molar-refractivity contribution in [3.63, 3.8) is 0 Å². The number of phenols is 1. The minimum atomic E-state index is -0.919. The number of rotatable bonds is 8. The molecule has 1 aromatic heterocycles. The largest absolute Gasteiger partial charge is 0.504 e. The summed E-state index contributed by atoms with van der Waals surface area (Å²) >= 11 is 0. The molecule has 1 amide bonds. The number of nitrogens with zero attached hydrogens (tertiary/aromatic N) is 2. The number of carbonyl (C=O) groups is 2. The third kappa shape index (κ3) is 4.95. The average molecular weight is 445 g/mol. The molecule has 168 valence electrons. The SMILES string of the molecule is COc1ccc(CC(=O)Nc2ccc3ncn(C(CC(=O)O)c4ccccc4)c3c2)cc1O. The van der Waals surface area contributed by atoms with Gasteiger partial charge in [0.05, 0.1) is 43.4 Å². The summed E-state index contributed by atoms with van der Waals surface area (Å²) in [6.45, 7) is 0. The van der Waals surface area contributed by atoms with E-state index in [-0.39, 0.29) is 24.5 Å². The van der Waals surface area contributed by atoms with Crippen molar-refractivity contribution in [3.8, 4) is 11.5 Å². The number of carboxylic acids is 1. The molecule has 1 atom stereocenters. The number of carboxylic acid groups (broad SMARTS) is 1. The van der Waals surface area contributed by atoms with Crippen LogP contribution in [0, 0.1) is 0 Å². The summed E-state index contributed by atoms with van der Waals surface area (Å²) in [6, 6.07) is 19.1. The molecule has 3 N–H and O–H groups in total. The molecule has 4 aromatic rings. The number of fused-ring (bicyclic) bond motifs is 1. The second-order valence-electron chi connectivity index (χ2n) is 7.61. The first-order chi connectivity index (χ1) is 15.9. The lowest BCUT2D eigenvalue weighted by molar-refractivity contribution is -0.137. The smallest absolute Gasteiger partial charge is 0.305 e. The molecular weight excluding hydrogens is 422 g/mol. The Bertz CT molecular complexity index is 1300. The van der Waals surface area contributed by atoms with Crippen molar-refractivity contribution in [3.05, 3.63) is 84.2 Å². The Morgan fingerprint density at radius 1 is 1.09 bits per heavy atom. The fourth-order valence-electron chi connectivity index (χ4n) is 3.81. The highest BCUT2D eigenvalue weighted by Crippen LogP contribution is 2.29. The van der Waals surface area contributed by atoms with Gasteiger partial charge in [-0.15, -0.1) is 0 Å². The normalized spacial score (nSPS) is 11.8. The van der Waals surface area contributed by atoms with E-state index in [4.69, 9.17) is 4.74 Å². The molecule has 3 aromatic carbocycles. The highest BCUT2D eigenvalue weighted by Gasteiger charge is 2.20. The standard InChI is InChI=1S/C25H23N3O5/c1-33-23-10-7-16(11-22(23)29)12-24(30)27-18-8-9-19-21(13-18)28(15-26-19)20(14-25(31)32)17-5-3-2-4-6-17/h2-11,13,15,20,29H,12,14H2,1H3,(H,27,30)(H,31,32). The lowest BCUT2D eigenvalue weighted by Gasteiger charge is -2.18. The topological polar surface area (TPSA) is 114 Å². The highest BCUT2D eigenvalue weighted by atomic mass is 16.5. The molecular formula is C25H23N3O5. The van der Waals surface area contributed by atoms with E-state index >= 15 is 0 Å². The first kappa shape index (κ1) is 21.9. The van der Waals surface area contributed by atoms with Crippen LogP contribution in [0.2, 0.25) is 0 Å². The van der Waals surface area contributed by atoms with Crippen LogP contribution in [0.4, 0.5) is 5.69 Å². The van der Waals surface area contributed by atoms with Crippen molar-refractivity contribution in [2.75, 3.05) is 12.4 Å². The number of aliphatic carboxylic acids is 1. The van der Waals surface area contributed by atoms with Gasteiger partial charge in [0.2, 0.25) is 5.91 Å². The maximum atomic E-state index is 12.6. The Hall–Kier alpha value is -4.33. The van der Waals surface area contributed by atoms with Crippen LogP contribution in [0.5, 0.6) is 11.5 Å². The van der Waals surface area contributed by atoms with E-state index in [1.165, 1.54) is 13.2 Å². The highest BCUT2D eigenvalue weighted by molar-refractivity contribution is 5.94. The van der Waals surface area contributed by atoms with Crippen LogP contribution in [0.3, 0.4) is 0 Å². The van der Waals surface area contributed by atoms with Gasteiger partial charge in [0, 0.05) is 5.69 Å². The molecule has 4 rings (SSSR count). The van der Waals surface area contributed by atoms with Gasteiger partial charge >= 0.3 is 5.97 Å². The second-order valence-corrected chi connectivity index (χ2v) is 7.61. The van der Waals surface area contributed by atoms with Gasteiger partial charge in [0.15, 0.2) is 11.5 Å². The third-order valence-corrected chi connectivity index (χ3v) is 5.35. The molecule has 0 saturated carbocycles. The van der Waals surface area contributed by atoms with Crippen molar-refractivity contribution in [2.45, 2.75) is 18.9 Å². The van der Waals surface area contributed by atoms with Gasteiger partial charge in [-0.2, -0.15) is 0 Å². The monoisotopic (exact) mass is 445 g/mol. The lowest BCUT2D eigenvalue weighted by atomic mass is 10.0. The molecule has 33 heavy (non-hydrogen) atoms. The summed E-state index contributed by atoms with van der Waals surface area (Å²) in [6.07, 6.45) is 1.59. The Balaban J connectivity index is 1.59. The molecule has 8 nitrogen and oxygen atoms in total. The Morgan fingerprint density at radius 3 is 2.58 bits per heavy atom. The maximum Gasteiger partial charge on any atom is 0.305 e. The predicted octanol–water partition coefficient (Wildman–Crippen LogP) is 4.00. The van der Waals surface area contributed by atoms with Crippen LogP contribution in [0.15, 0.2) is 73.1 Å². The van der Waals surface area contributed by atoms with Gasteiger partial charge < -0.3 is 24.8 Å². The molecule has 0 fully saturated rings. The van der Waals surface area contributed by atoms with Crippen molar-refractivity contribution in [1.29, 1.82) is 0 Å². The zero-order valence-corrected chi connectivity index (χ0v) is 17.9. The number of amides is 1. The summed E-state index contributed by atoms with van der Waals surface area (Å²) in [4.78, 5) is 28.5. The fraction of sp³-hybridized carbons (Fsp3) is 0.160. The summed E-state index contributed by atoms with van der Waals surface area (Å²) in [5.74, 6) is -0.862. The number of ether oxygens (including phenoxy) is 1. The second kappa shape index (κ2) is 9.44. The van der Waals surface area contributed by atoms with E-state index in [9.17, 15) is 19.8 Å². The van der Waals surface area contributed by atoms with Gasteiger partial charge in [-0.05, 0) is 41.5 Å². The number of benzene rings is 3. The lowest BCUT2D eigenvalue weighted by Crippen LogP contribution is -2.15. The summed E-state index contributed by atoms with van der Waals surface area (Å²) in [5.41, 5.74) is 3.47. The molecule has 0 saturated heterocycles. The van der Waals surface area contributed by atoms with E-state index in [0.29, 0.717) is 28.0 Å². The quantitative estimate of drug-likeness (QED) is 0.378. The number of anilines is 1. The zero-order chi connectivity index (χ0) is 23.4. The number of nitrogens with one attached hydrogen (secondary N) is 1. The summed E-state index contributed by atoms with van der Waals surface area (Å²) < 4.78 is 6.84. The molecule has 0 spiro atoms. The van der Waals surface area contributed by atoms with Crippen molar-refractivity contribution >= 4 is 28.6 Å². The number of hydrogen-bond donors (Lipinski definition) is 3. The van der Waals surface area contributed by atoms with E-state index < -0.39 is 12.0 Å². The minimum absolute atomic E-state index is 0.0292. The molecule has 0 bridgehead atoms. The minimum Gasteiger partial charge on any atom is -0.504 e. The van der Waals surface area contributed by atoms with E-state index in [1.807, 2.05) is 34.9 Å². The molecule has 1 heterocycles. The van der Waals surface area contributed by atoms with Crippen molar-refractivity contribution in [2.24, 2.45) is 0 Å². The number of carbonyl (C=O) groups excluding carboxylic acids is 1. The Morgan fingerprint density at radius 2 is 1.88 bits per heavy atom. The number of aromatic hydroxyl groups is 1. The predicted molar refractivity (Wildman–Crippen MR) is 124 cm³/mol. The van der Waals surface area contributed by atoms with Gasteiger partial charge in [-0.3, -0.25) is 9.59 Å². The van der Waals surface area contributed by atoms with Crippen LogP contribution in [0.25, 0.3) is 11.0 Å². The summed E-state index contributed by atoms with van der Waals surface area (Å²) in [5, 5.41) is 22.2. The van der Waals surface area contributed by atoms with Crippen LogP contribution in [-0.2, 0) is 16.0 Å². The number of hydrogen-bond acceptors (Lipinski definition) is 5. The van der Waals surface area contributed by atoms with E-state index in [2.05, 4.69) is 10.3 Å². The van der Waals surface area contributed by atoms with Crippen molar-refractivity contribution in [1.82, 2.24) is 9.55 Å². The van der Waals surface area contributed by atoms with Crippen LogP contribution in [0.1, 0.15) is 23.6 Å². The first-order valence-electron chi connectivity index (χ1n) is 10.3. The average Bonchev–Trinajstić information content (AvgIpc) is 3.21. The zero-order valence-electron chi connectivity index (χ0n) is 17.9. The van der Waals surface area contributed by atoms with Gasteiger partial charge in [-0.1, -0.05) is 36.4 Å². The Kier molecular flexibility index (Phi) is 6.26. The number of aromatic nitrogens is 2. The van der Waals surface area contributed by atoms with Gasteiger partial charge in [-0.25, -0.2) is 4.98 Å². The number of phenolic OH excluding ortho intramolecular Hbond substituents is 1. The molecule has 8 heteroatoms. The summed E-state index contributed by atoms with van der Waals surface area (Å²) in [7, 11) is 1.46. The fourth-order valence-corrected chi connectivity index (χ4v) is 3.81. The van der Waals surface area contributed by atoms with Gasteiger partial charge in [0.25, 0.3) is 0 Å². The van der Waals surface area contributed by atoms with Crippen LogP contribution >= 0.6 is 0 Å².